The Hall–Kier alpha value is -2.14. The zero-order valence-electron chi connectivity index (χ0n) is 13.1. The third-order valence-corrected chi connectivity index (χ3v) is 4.62. The fourth-order valence-electron chi connectivity index (χ4n) is 3.36. The molecule has 1 unspecified atom stereocenters. The number of benzene rings is 1. The van der Waals surface area contributed by atoms with Crippen molar-refractivity contribution in [2.45, 2.75) is 38.3 Å². The molecular weight excluding hydrogens is 297 g/mol. The van der Waals surface area contributed by atoms with Crippen molar-refractivity contribution < 1.29 is 18.7 Å². The van der Waals surface area contributed by atoms with E-state index in [-0.39, 0.29) is 17.1 Å². The van der Waals surface area contributed by atoms with E-state index in [1.807, 2.05) is 12.1 Å². The van der Waals surface area contributed by atoms with Crippen LogP contribution < -0.4 is 0 Å². The lowest BCUT2D eigenvalue weighted by Crippen LogP contribution is -2.42. The standard InChI is InChI=1S/C18H20FNO3/c1-18(11-13-3-5-14(19)6-4-13)9-2-10-20(18)12-15-7-8-16(23-15)17(21)22/h3-8H,2,9-12H2,1H3,(H,21,22). The highest BCUT2D eigenvalue weighted by Gasteiger charge is 2.37. The summed E-state index contributed by atoms with van der Waals surface area (Å²) in [6.07, 6.45) is 2.97. The van der Waals surface area contributed by atoms with Crippen molar-refractivity contribution in [2.24, 2.45) is 0 Å². The number of nitrogens with zero attached hydrogens (tertiary/aromatic N) is 1. The average molecular weight is 317 g/mol. The van der Waals surface area contributed by atoms with E-state index in [9.17, 15) is 9.18 Å². The number of hydrogen-bond acceptors (Lipinski definition) is 3. The van der Waals surface area contributed by atoms with E-state index in [0.29, 0.717) is 12.3 Å². The Bertz CT molecular complexity index is 695. The Morgan fingerprint density at radius 1 is 1.30 bits per heavy atom. The lowest BCUT2D eigenvalue weighted by molar-refractivity contribution is 0.0655. The number of likely N-dealkylation sites (tertiary alicyclic amines) is 1. The average Bonchev–Trinajstić information content (AvgIpc) is 3.10. The van der Waals surface area contributed by atoms with E-state index in [1.54, 1.807) is 6.07 Å². The fourth-order valence-corrected chi connectivity index (χ4v) is 3.36. The molecule has 0 spiro atoms. The van der Waals surface area contributed by atoms with Crippen LogP contribution in [0.2, 0.25) is 0 Å². The number of carboxylic acid groups (broad SMARTS) is 1. The van der Waals surface area contributed by atoms with Crippen molar-refractivity contribution >= 4 is 5.97 Å². The molecule has 1 aliphatic heterocycles. The van der Waals surface area contributed by atoms with Gasteiger partial charge in [-0.25, -0.2) is 9.18 Å². The topological polar surface area (TPSA) is 53.7 Å². The summed E-state index contributed by atoms with van der Waals surface area (Å²) < 4.78 is 18.4. The molecule has 5 heteroatoms. The zero-order chi connectivity index (χ0) is 16.4. The van der Waals surface area contributed by atoms with Gasteiger partial charge in [0, 0.05) is 5.54 Å². The van der Waals surface area contributed by atoms with Gasteiger partial charge in [0.25, 0.3) is 0 Å². The van der Waals surface area contributed by atoms with Crippen molar-refractivity contribution in [1.29, 1.82) is 0 Å². The van der Waals surface area contributed by atoms with Crippen LogP contribution in [0.3, 0.4) is 0 Å². The summed E-state index contributed by atoms with van der Waals surface area (Å²) in [5, 5.41) is 8.94. The van der Waals surface area contributed by atoms with Crippen molar-refractivity contribution in [1.82, 2.24) is 4.90 Å². The quantitative estimate of drug-likeness (QED) is 0.913. The van der Waals surface area contributed by atoms with Crippen molar-refractivity contribution in [3.63, 3.8) is 0 Å². The minimum atomic E-state index is -1.05. The molecule has 122 valence electrons. The molecule has 0 aliphatic carbocycles. The first-order valence-corrected chi connectivity index (χ1v) is 7.78. The maximum atomic E-state index is 13.1. The summed E-state index contributed by atoms with van der Waals surface area (Å²) in [5.74, 6) is -0.639. The summed E-state index contributed by atoms with van der Waals surface area (Å²) in [6, 6.07) is 9.84. The molecule has 0 saturated carbocycles. The Morgan fingerprint density at radius 2 is 2.04 bits per heavy atom. The van der Waals surface area contributed by atoms with E-state index in [0.717, 1.165) is 31.4 Å². The van der Waals surface area contributed by atoms with Crippen molar-refractivity contribution in [3.8, 4) is 0 Å². The second-order valence-electron chi connectivity index (χ2n) is 6.40. The molecule has 1 aromatic carbocycles. The van der Waals surface area contributed by atoms with Crippen LogP contribution in [0, 0.1) is 5.82 Å². The molecule has 2 heterocycles. The van der Waals surface area contributed by atoms with Gasteiger partial charge in [0.1, 0.15) is 11.6 Å². The molecule has 4 nitrogen and oxygen atoms in total. The highest BCUT2D eigenvalue weighted by molar-refractivity contribution is 5.84. The normalized spacial score (nSPS) is 21.7. The number of carbonyl (C=O) groups is 1. The number of rotatable bonds is 5. The van der Waals surface area contributed by atoms with E-state index in [2.05, 4.69) is 11.8 Å². The lowest BCUT2D eigenvalue weighted by atomic mass is 9.90. The minimum absolute atomic E-state index is 0.0283. The van der Waals surface area contributed by atoms with Gasteiger partial charge in [-0.3, -0.25) is 4.90 Å². The molecule has 2 aromatic rings. The van der Waals surface area contributed by atoms with E-state index in [1.165, 1.54) is 18.2 Å². The van der Waals surface area contributed by atoms with Crippen LogP contribution in [0.5, 0.6) is 0 Å². The molecule has 3 rings (SSSR count). The molecule has 0 bridgehead atoms. The first-order chi connectivity index (χ1) is 11.0. The summed E-state index contributed by atoms with van der Waals surface area (Å²) in [6.45, 7) is 3.73. The minimum Gasteiger partial charge on any atom is -0.475 e. The Labute approximate surface area is 134 Å². The molecule has 1 N–H and O–H groups in total. The highest BCUT2D eigenvalue weighted by atomic mass is 19.1. The molecule has 1 aromatic heterocycles. The van der Waals surface area contributed by atoms with Gasteiger partial charge in [-0.15, -0.1) is 0 Å². The Balaban J connectivity index is 1.72. The third kappa shape index (κ3) is 3.45. The molecule has 23 heavy (non-hydrogen) atoms. The van der Waals surface area contributed by atoms with Gasteiger partial charge in [-0.1, -0.05) is 12.1 Å². The second-order valence-corrected chi connectivity index (χ2v) is 6.40. The number of hydrogen-bond donors (Lipinski definition) is 1. The summed E-state index contributed by atoms with van der Waals surface area (Å²) in [7, 11) is 0. The summed E-state index contributed by atoms with van der Waals surface area (Å²) in [4.78, 5) is 13.2. The maximum Gasteiger partial charge on any atom is 0.371 e. The van der Waals surface area contributed by atoms with Gasteiger partial charge in [-0.2, -0.15) is 0 Å². The largest absolute Gasteiger partial charge is 0.475 e. The maximum absolute atomic E-state index is 13.1. The van der Waals surface area contributed by atoms with Gasteiger partial charge in [0.05, 0.1) is 6.54 Å². The summed E-state index contributed by atoms with van der Waals surface area (Å²) in [5.41, 5.74) is 1.07. The number of halogens is 1. The van der Waals surface area contributed by atoms with Crippen LogP contribution in [-0.4, -0.2) is 28.1 Å². The summed E-state index contributed by atoms with van der Waals surface area (Å²) >= 11 is 0. The number of carboxylic acids is 1. The molecule has 1 aliphatic rings. The fraction of sp³-hybridized carbons (Fsp3) is 0.389. The van der Waals surface area contributed by atoms with E-state index < -0.39 is 5.97 Å². The molecule has 0 amide bonds. The molecule has 1 fully saturated rings. The highest BCUT2D eigenvalue weighted by Crippen LogP contribution is 2.34. The Kier molecular flexibility index (Phi) is 4.22. The van der Waals surface area contributed by atoms with Crippen molar-refractivity contribution in [2.75, 3.05) is 6.54 Å². The molecule has 0 radical (unpaired) electrons. The monoisotopic (exact) mass is 317 g/mol. The van der Waals surface area contributed by atoms with Crippen LogP contribution in [0.15, 0.2) is 40.8 Å². The smallest absolute Gasteiger partial charge is 0.371 e. The molecule has 1 atom stereocenters. The number of aromatic carboxylic acids is 1. The first kappa shape index (κ1) is 15.7. The third-order valence-electron chi connectivity index (χ3n) is 4.62. The first-order valence-electron chi connectivity index (χ1n) is 7.78. The van der Waals surface area contributed by atoms with Crippen molar-refractivity contribution in [3.05, 3.63) is 59.3 Å². The van der Waals surface area contributed by atoms with Crippen LogP contribution in [-0.2, 0) is 13.0 Å². The second kappa shape index (κ2) is 6.16. The van der Waals surface area contributed by atoms with Gasteiger partial charge in [0.15, 0.2) is 0 Å². The SMILES string of the molecule is CC1(Cc2ccc(F)cc2)CCCN1Cc1ccc(C(=O)O)o1. The zero-order valence-corrected chi connectivity index (χ0v) is 13.1. The molecular formula is C18H20FNO3. The lowest BCUT2D eigenvalue weighted by Gasteiger charge is -2.35. The van der Waals surface area contributed by atoms with Crippen LogP contribution in [0.25, 0.3) is 0 Å². The van der Waals surface area contributed by atoms with Crippen LogP contribution in [0.1, 0.15) is 41.6 Å². The van der Waals surface area contributed by atoms with Gasteiger partial charge in [-0.05, 0) is 62.6 Å². The van der Waals surface area contributed by atoms with Gasteiger partial charge < -0.3 is 9.52 Å². The van der Waals surface area contributed by atoms with Gasteiger partial charge in [0.2, 0.25) is 5.76 Å². The predicted molar refractivity (Wildman–Crippen MR) is 83.8 cm³/mol. The number of furan rings is 1. The van der Waals surface area contributed by atoms with E-state index in [4.69, 9.17) is 9.52 Å². The van der Waals surface area contributed by atoms with Crippen LogP contribution >= 0.6 is 0 Å². The Morgan fingerprint density at radius 3 is 2.70 bits per heavy atom. The molecule has 1 saturated heterocycles. The predicted octanol–water partition coefficient (Wildman–Crippen LogP) is 3.71. The van der Waals surface area contributed by atoms with Gasteiger partial charge >= 0.3 is 5.97 Å². The van der Waals surface area contributed by atoms with E-state index >= 15 is 0 Å². The van der Waals surface area contributed by atoms with Crippen LogP contribution in [0.4, 0.5) is 4.39 Å².